The number of ether oxygens (including phenoxy) is 1. The molecule has 0 spiro atoms. The van der Waals surface area contributed by atoms with Crippen molar-refractivity contribution >= 4 is 11.9 Å². The molecule has 0 aromatic heterocycles. The summed E-state index contributed by atoms with van der Waals surface area (Å²) in [6.07, 6.45) is 0.645. The largest absolute Gasteiger partial charge is 0.480 e. The molecule has 2 rings (SSSR count). The van der Waals surface area contributed by atoms with Gasteiger partial charge in [-0.2, -0.15) is 0 Å². The minimum Gasteiger partial charge on any atom is -0.480 e. The van der Waals surface area contributed by atoms with E-state index >= 15 is 0 Å². The minimum absolute atomic E-state index is 0.0539. The van der Waals surface area contributed by atoms with Crippen LogP contribution in [0, 0.1) is 5.92 Å². The Balaban J connectivity index is 1.82. The molecular formula is C12H20N2O4. The molecule has 0 radical (unpaired) electrons. The van der Waals surface area contributed by atoms with Crippen LogP contribution in [0.3, 0.4) is 0 Å². The first-order valence-corrected chi connectivity index (χ1v) is 6.42. The summed E-state index contributed by atoms with van der Waals surface area (Å²) in [5.74, 6) is -0.466. The fourth-order valence-corrected chi connectivity index (χ4v) is 2.51. The molecule has 1 amide bonds. The monoisotopic (exact) mass is 256 g/mol. The summed E-state index contributed by atoms with van der Waals surface area (Å²) >= 11 is 0. The standard InChI is InChI=1S/C12H20N2O4/c1-9-2-7-18-11(9)12(17)14-5-3-13(4-6-14)8-10(15)16/h9,11H,2-8H2,1H3,(H,15,16). The lowest BCUT2D eigenvalue weighted by Gasteiger charge is -2.35. The maximum absolute atomic E-state index is 12.2. The maximum atomic E-state index is 12.2. The number of rotatable bonds is 3. The van der Waals surface area contributed by atoms with E-state index in [0.29, 0.717) is 32.8 Å². The van der Waals surface area contributed by atoms with Crippen molar-refractivity contribution in [2.75, 3.05) is 39.3 Å². The molecule has 2 aliphatic rings. The van der Waals surface area contributed by atoms with Crippen molar-refractivity contribution < 1.29 is 19.4 Å². The summed E-state index contributed by atoms with van der Waals surface area (Å²) < 4.78 is 5.47. The molecule has 2 saturated heterocycles. The first kappa shape index (κ1) is 13.3. The Kier molecular flexibility index (Phi) is 4.19. The zero-order chi connectivity index (χ0) is 13.1. The first-order valence-electron chi connectivity index (χ1n) is 6.42. The Hall–Kier alpha value is -1.14. The molecule has 6 nitrogen and oxygen atoms in total. The van der Waals surface area contributed by atoms with Gasteiger partial charge in [0.25, 0.3) is 5.91 Å². The summed E-state index contributed by atoms with van der Waals surface area (Å²) in [7, 11) is 0. The van der Waals surface area contributed by atoms with E-state index in [-0.39, 0.29) is 24.5 Å². The van der Waals surface area contributed by atoms with Gasteiger partial charge >= 0.3 is 5.97 Å². The van der Waals surface area contributed by atoms with Gasteiger partial charge in [-0.1, -0.05) is 6.92 Å². The van der Waals surface area contributed by atoms with Gasteiger partial charge in [0.05, 0.1) is 6.54 Å². The van der Waals surface area contributed by atoms with Crippen molar-refractivity contribution in [2.24, 2.45) is 5.92 Å². The summed E-state index contributed by atoms with van der Waals surface area (Å²) in [5.41, 5.74) is 0. The number of piperazine rings is 1. The van der Waals surface area contributed by atoms with E-state index in [1.807, 2.05) is 11.8 Å². The van der Waals surface area contributed by atoms with Gasteiger partial charge in [0.15, 0.2) is 0 Å². The van der Waals surface area contributed by atoms with E-state index in [1.165, 1.54) is 0 Å². The van der Waals surface area contributed by atoms with Crippen LogP contribution in [-0.2, 0) is 14.3 Å². The van der Waals surface area contributed by atoms with Crippen LogP contribution in [0.15, 0.2) is 0 Å². The molecule has 0 bridgehead atoms. The van der Waals surface area contributed by atoms with Crippen LogP contribution in [0.4, 0.5) is 0 Å². The van der Waals surface area contributed by atoms with Gasteiger partial charge in [-0.3, -0.25) is 14.5 Å². The number of nitrogens with zero attached hydrogens (tertiary/aromatic N) is 2. The van der Waals surface area contributed by atoms with Crippen LogP contribution in [0.2, 0.25) is 0 Å². The van der Waals surface area contributed by atoms with Crippen molar-refractivity contribution in [3.05, 3.63) is 0 Å². The normalized spacial score (nSPS) is 29.5. The highest BCUT2D eigenvalue weighted by Gasteiger charge is 2.35. The second kappa shape index (κ2) is 5.67. The first-order chi connectivity index (χ1) is 8.58. The molecule has 0 aliphatic carbocycles. The molecule has 102 valence electrons. The summed E-state index contributed by atoms with van der Waals surface area (Å²) in [6.45, 7) is 5.20. The molecule has 18 heavy (non-hydrogen) atoms. The van der Waals surface area contributed by atoms with Crippen LogP contribution in [0.1, 0.15) is 13.3 Å². The van der Waals surface area contributed by atoms with Gasteiger partial charge in [0, 0.05) is 32.8 Å². The fourth-order valence-electron chi connectivity index (χ4n) is 2.51. The SMILES string of the molecule is CC1CCOC1C(=O)N1CCN(CC(=O)O)CC1. The van der Waals surface area contributed by atoms with Gasteiger partial charge in [-0.25, -0.2) is 0 Å². The fraction of sp³-hybridized carbons (Fsp3) is 0.833. The molecule has 2 heterocycles. The Morgan fingerprint density at radius 1 is 1.28 bits per heavy atom. The Morgan fingerprint density at radius 2 is 1.94 bits per heavy atom. The van der Waals surface area contributed by atoms with Crippen molar-refractivity contribution in [1.82, 2.24) is 9.80 Å². The van der Waals surface area contributed by atoms with E-state index in [1.54, 1.807) is 4.90 Å². The van der Waals surface area contributed by atoms with E-state index in [2.05, 4.69) is 0 Å². The number of carboxylic acid groups (broad SMARTS) is 1. The number of carbonyl (C=O) groups excluding carboxylic acids is 1. The smallest absolute Gasteiger partial charge is 0.317 e. The topological polar surface area (TPSA) is 70.1 Å². The average Bonchev–Trinajstić information content (AvgIpc) is 2.75. The van der Waals surface area contributed by atoms with Crippen molar-refractivity contribution in [3.8, 4) is 0 Å². The van der Waals surface area contributed by atoms with Crippen LogP contribution < -0.4 is 0 Å². The zero-order valence-electron chi connectivity index (χ0n) is 10.7. The summed E-state index contributed by atoms with van der Waals surface area (Å²) in [5, 5.41) is 8.71. The summed E-state index contributed by atoms with van der Waals surface area (Å²) in [6, 6.07) is 0. The van der Waals surface area contributed by atoms with E-state index in [9.17, 15) is 9.59 Å². The number of carbonyl (C=O) groups is 2. The maximum Gasteiger partial charge on any atom is 0.317 e. The molecular weight excluding hydrogens is 236 g/mol. The molecule has 6 heteroatoms. The van der Waals surface area contributed by atoms with E-state index < -0.39 is 5.97 Å². The molecule has 0 aromatic rings. The number of carboxylic acids is 1. The van der Waals surface area contributed by atoms with Gasteiger partial charge in [-0.15, -0.1) is 0 Å². The predicted octanol–water partition coefficient (Wildman–Crippen LogP) is -0.360. The van der Waals surface area contributed by atoms with Crippen molar-refractivity contribution in [3.63, 3.8) is 0 Å². The molecule has 0 aromatic carbocycles. The third-order valence-corrected chi connectivity index (χ3v) is 3.67. The number of amides is 1. The quantitative estimate of drug-likeness (QED) is 0.747. The zero-order valence-corrected chi connectivity index (χ0v) is 10.7. The van der Waals surface area contributed by atoms with Crippen LogP contribution in [-0.4, -0.2) is 72.2 Å². The molecule has 0 saturated carbocycles. The second-order valence-electron chi connectivity index (χ2n) is 5.05. The van der Waals surface area contributed by atoms with Crippen LogP contribution in [0.25, 0.3) is 0 Å². The molecule has 1 N–H and O–H groups in total. The average molecular weight is 256 g/mol. The third-order valence-electron chi connectivity index (χ3n) is 3.67. The van der Waals surface area contributed by atoms with Crippen molar-refractivity contribution in [2.45, 2.75) is 19.4 Å². The highest BCUT2D eigenvalue weighted by Crippen LogP contribution is 2.22. The third kappa shape index (κ3) is 3.00. The molecule has 2 unspecified atom stereocenters. The van der Waals surface area contributed by atoms with E-state index in [0.717, 1.165) is 6.42 Å². The highest BCUT2D eigenvalue weighted by molar-refractivity contribution is 5.81. The summed E-state index contributed by atoms with van der Waals surface area (Å²) in [4.78, 5) is 26.4. The van der Waals surface area contributed by atoms with Gasteiger partial charge in [0.1, 0.15) is 6.10 Å². The molecule has 2 fully saturated rings. The van der Waals surface area contributed by atoms with Crippen LogP contribution in [0.5, 0.6) is 0 Å². The lowest BCUT2D eigenvalue weighted by Crippen LogP contribution is -2.52. The number of hydrogen-bond acceptors (Lipinski definition) is 4. The predicted molar refractivity (Wildman–Crippen MR) is 64.2 cm³/mol. The molecule has 2 aliphatic heterocycles. The van der Waals surface area contributed by atoms with E-state index in [4.69, 9.17) is 9.84 Å². The van der Waals surface area contributed by atoms with Gasteiger partial charge in [0.2, 0.25) is 0 Å². The highest BCUT2D eigenvalue weighted by atomic mass is 16.5. The Morgan fingerprint density at radius 3 is 2.44 bits per heavy atom. The Labute approximate surface area is 106 Å². The minimum atomic E-state index is -0.817. The second-order valence-corrected chi connectivity index (χ2v) is 5.05. The number of aliphatic carboxylic acids is 1. The number of hydrogen-bond donors (Lipinski definition) is 1. The molecule has 2 atom stereocenters. The van der Waals surface area contributed by atoms with Crippen molar-refractivity contribution in [1.29, 1.82) is 0 Å². The lowest BCUT2D eigenvalue weighted by molar-refractivity contribution is -0.145. The van der Waals surface area contributed by atoms with Crippen LogP contribution >= 0.6 is 0 Å². The van der Waals surface area contributed by atoms with Gasteiger partial charge < -0.3 is 14.7 Å². The Bertz CT molecular complexity index is 326. The van der Waals surface area contributed by atoms with Gasteiger partial charge in [-0.05, 0) is 12.3 Å². The lowest BCUT2D eigenvalue weighted by atomic mass is 10.0.